The molecule has 0 aliphatic carbocycles. The standard InChI is InChI=1S/C12H12FN5O3/c13-8-6(3-19)21-12(9(8)20)18-2-5(1-14)7-10(15)16-4-17-11(7)18/h2,4,6,8-9,12,19-20H,3H2,(H2,15,16,17)/t6-,8-,9-,12-/m1/s1. The maximum absolute atomic E-state index is 13.8. The van der Waals surface area contributed by atoms with Gasteiger partial charge in [-0.25, -0.2) is 14.4 Å². The van der Waals surface area contributed by atoms with Gasteiger partial charge in [-0.2, -0.15) is 5.26 Å². The Morgan fingerprint density at radius 1 is 1.52 bits per heavy atom. The molecule has 0 aromatic carbocycles. The summed E-state index contributed by atoms with van der Waals surface area (Å²) in [7, 11) is 0. The molecule has 0 spiro atoms. The van der Waals surface area contributed by atoms with Gasteiger partial charge in [0, 0.05) is 6.20 Å². The maximum Gasteiger partial charge on any atom is 0.164 e. The van der Waals surface area contributed by atoms with Crippen LogP contribution < -0.4 is 5.73 Å². The van der Waals surface area contributed by atoms with Crippen molar-refractivity contribution in [2.24, 2.45) is 0 Å². The molecule has 2 aromatic heterocycles. The number of hydrogen-bond acceptors (Lipinski definition) is 7. The van der Waals surface area contributed by atoms with Crippen molar-refractivity contribution in [1.29, 1.82) is 5.26 Å². The number of aromatic nitrogens is 3. The number of alkyl halides is 1. The van der Waals surface area contributed by atoms with Gasteiger partial charge in [0.1, 0.15) is 36.1 Å². The van der Waals surface area contributed by atoms with Crippen LogP contribution in [0.25, 0.3) is 11.0 Å². The molecule has 3 rings (SSSR count). The van der Waals surface area contributed by atoms with Crippen molar-refractivity contribution in [3.8, 4) is 6.07 Å². The van der Waals surface area contributed by atoms with Crippen molar-refractivity contribution in [3.05, 3.63) is 18.1 Å². The molecule has 0 bridgehead atoms. The lowest BCUT2D eigenvalue weighted by Crippen LogP contribution is -2.29. The fourth-order valence-electron chi connectivity index (χ4n) is 2.47. The Labute approximate surface area is 118 Å². The number of nitrogens with zero attached hydrogens (tertiary/aromatic N) is 4. The van der Waals surface area contributed by atoms with Crippen LogP contribution >= 0.6 is 0 Å². The molecule has 4 N–H and O–H groups in total. The van der Waals surface area contributed by atoms with Crippen LogP contribution in [0, 0.1) is 11.3 Å². The molecule has 1 fully saturated rings. The average molecular weight is 293 g/mol. The lowest BCUT2D eigenvalue weighted by molar-refractivity contribution is -0.0493. The molecule has 0 unspecified atom stereocenters. The van der Waals surface area contributed by atoms with Crippen LogP contribution in [0.5, 0.6) is 0 Å². The first-order valence-electron chi connectivity index (χ1n) is 6.18. The molecule has 110 valence electrons. The van der Waals surface area contributed by atoms with E-state index < -0.39 is 31.2 Å². The summed E-state index contributed by atoms with van der Waals surface area (Å²) in [6, 6.07) is 1.94. The van der Waals surface area contributed by atoms with Crippen LogP contribution in [-0.4, -0.2) is 49.7 Å². The quantitative estimate of drug-likeness (QED) is 0.678. The molecule has 0 radical (unpaired) electrons. The number of nitrogens with two attached hydrogens (primary N) is 1. The molecule has 1 aliphatic heterocycles. The highest BCUT2D eigenvalue weighted by molar-refractivity contribution is 5.91. The summed E-state index contributed by atoms with van der Waals surface area (Å²) in [4.78, 5) is 7.82. The number of aliphatic hydroxyl groups is 2. The Hall–Kier alpha value is -2.28. The third-order valence-corrected chi connectivity index (χ3v) is 3.50. The second-order valence-corrected chi connectivity index (χ2v) is 4.70. The highest BCUT2D eigenvalue weighted by Gasteiger charge is 2.45. The number of nitriles is 1. The van der Waals surface area contributed by atoms with Crippen LogP contribution in [0.1, 0.15) is 11.8 Å². The highest BCUT2D eigenvalue weighted by atomic mass is 19.1. The third kappa shape index (κ3) is 1.92. The van der Waals surface area contributed by atoms with Crippen LogP contribution in [-0.2, 0) is 4.74 Å². The number of hydrogen-bond donors (Lipinski definition) is 3. The highest BCUT2D eigenvalue weighted by Crippen LogP contribution is 2.35. The largest absolute Gasteiger partial charge is 0.394 e. The SMILES string of the molecule is N#Cc1cn([C@@H]2O[C@H](CO)[C@@H](F)[C@H]2O)c2ncnc(N)c12. The zero-order valence-corrected chi connectivity index (χ0v) is 10.7. The van der Waals surface area contributed by atoms with Gasteiger partial charge in [-0.1, -0.05) is 0 Å². The van der Waals surface area contributed by atoms with Gasteiger partial charge in [0.25, 0.3) is 0 Å². The summed E-state index contributed by atoms with van der Waals surface area (Å²) in [6.45, 7) is -0.559. The molecule has 4 atom stereocenters. The Morgan fingerprint density at radius 2 is 2.29 bits per heavy atom. The van der Waals surface area contributed by atoms with Crippen LogP contribution in [0.2, 0.25) is 0 Å². The van der Waals surface area contributed by atoms with E-state index in [9.17, 15) is 9.50 Å². The van der Waals surface area contributed by atoms with Gasteiger partial charge in [-0.3, -0.25) is 0 Å². The van der Waals surface area contributed by atoms with Gasteiger partial charge in [-0.05, 0) is 0 Å². The summed E-state index contributed by atoms with van der Waals surface area (Å²) in [5, 5.41) is 28.4. The first kappa shape index (κ1) is 13.7. The topological polar surface area (TPSA) is 130 Å². The first-order chi connectivity index (χ1) is 10.1. The van der Waals surface area contributed by atoms with E-state index in [4.69, 9.17) is 20.8 Å². The molecule has 9 heteroatoms. The number of rotatable bonds is 2. The predicted molar refractivity (Wildman–Crippen MR) is 68.6 cm³/mol. The van der Waals surface area contributed by atoms with E-state index in [1.807, 2.05) is 6.07 Å². The number of aliphatic hydroxyl groups excluding tert-OH is 2. The second-order valence-electron chi connectivity index (χ2n) is 4.70. The lowest BCUT2D eigenvalue weighted by atomic mass is 10.1. The van der Waals surface area contributed by atoms with Gasteiger partial charge in [0.2, 0.25) is 0 Å². The molecular weight excluding hydrogens is 281 g/mol. The second kappa shape index (κ2) is 4.92. The van der Waals surface area contributed by atoms with Gasteiger partial charge in [-0.15, -0.1) is 0 Å². The number of halogens is 1. The fourth-order valence-corrected chi connectivity index (χ4v) is 2.47. The van der Waals surface area contributed by atoms with Gasteiger partial charge >= 0.3 is 0 Å². The number of fused-ring (bicyclic) bond motifs is 1. The number of nitrogen functional groups attached to an aromatic ring is 1. The molecule has 2 aromatic rings. The van der Waals surface area contributed by atoms with Crippen molar-refractivity contribution in [1.82, 2.24) is 14.5 Å². The summed E-state index contributed by atoms with van der Waals surface area (Å²) < 4.78 is 20.5. The fraction of sp³-hybridized carbons (Fsp3) is 0.417. The van der Waals surface area contributed by atoms with Gasteiger partial charge < -0.3 is 25.3 Å². The molecular formula is C12H12FN5O3. The van der Waals surface area contributed by atoms with E-state index in [1.165, 1.54) is 17.1 Å². The molecule has 8 nitrogen and oxygen atoms in total. The van der Waals surface area contributed by atoms with Crippen molar-refractivity contribution < 1.29 is 19.3 Å². The van der Waals surface area contributed by atoms with Gasteiger partial charge in [0.15, 0.2) is 12.4 Å². The first-order valence-corrected chi connectivity index (χ1v) is 6.18. The van der Waals surface area contributed by atoms with E-state index in [2.05, 4.69) is 9.97 Å². The Bertz CT molecular complexity index is 727. The maximum atomic E-state index is 13.8. The van der Waals surface area contributed by atoms with E-state index >= 15 is 0 Å². The molecule has 1 saturated heterocycles. The van der Waals surface area contributed by atoms with Crippen LogP contribution in [0.3, 0.4) is 0 Å². The summed E-state index contributed by atoms with van der Waals surface area (Å²) in [6.07, 6.45) is -2.88. The molecule has 3 heterocycles. The Balaban J connectivity index is 2.14. The van der Waals surface area contributed by atoms with E-state index in [0.29, 0.717) is 5.39 Å². The third-order valence-electron chi connectivity index (χ3n) is 3.50. The van der Waals surface area contributed by atoms with Crippen molar-refractivity contribution in [3.63, 3.8) is 0 Å². The minimum Gasteiger partial charge on any atom is -0.394 e. The Morgan fingerprint density at radius 3 is 2.90 bits per heavy atom. The number of ether oxygens (including phenoxy) is 1. The minimum atomic E-state index is -1.73. The van der Waals surface area contributed by atoms with Crippen molar-refractivity contribution >= 4 is 16.9 Å². The van der Waals surface area contributed by atoms with Crippen LogP contribution in [0.4, 0.5) is 10.2 Å². The summed E-state index contributed by atoms with van der Waals surface area (Å²) in [5.74, 6) is 0.110. The lowest BCUT2D eigenvalue weighted by Gasteiger charge is -2.16. The van der Waals surface area contributed by atoms with Gasteiger partial charge in [0.05, 0.1) is 17.6 Å². The molecule has 0 amide bonds. The van der Waals surface area contributed by atoms with Crippen molar-refractivity contribution in [2.75, 3.05) is 12.3 Å². The molecule has 1 aliphatic rings. The van der Waals surface area contributed by atoms with Crippen molar-refractivity contribution in [2.45, 2.75) is 24.6 Å². The zero-order valence-electron chi connectivity index (χ0n) is 10.7. The summed E-state index contributed by atoms with van der Waals surface area (Å²) >= 11 is 0. The van der Waals surface area contributed by atoms with Crippen LogP contribution in [0.15, 0.2) is 12.5 Å². The summed E-state index contributed by atoms with van der Waals surface area (Å²) in [5.41, 5.74) is 6.18. The predicted octanol–water partition coefficient (Wildman–Crippen LogP) is -0.526. The number of anilines is 1. The monoisotopic (exact) mass is 293 g/mol. The zero-order chi connectivity index (χ0) is 15.1. The van der Waals surface area contributed by atoms with E-state index in [-0.39, 0.29) is 17.0 Å². The molecule has 21 heavy (non-hydrogen) atoms. The minimum absolute atomic E-state index is 0.110. The van der Waals surface area contributed by atoms with E-state index in [0.717, 1.165) is 0 Å². The normalized spacial score (nSPS) is 28.9. The van der Waals surface area contributed by atoms with E-state index in [1.54, 1.807) is 0 Å². The average Bonchev–Trinajstić information content (AvgIpc) is 2.99. The smallest absolute Gasteiger partial charge is 0.164 e. The molecule has 0 saturated carbocycles. The Kier molecular flexibility index (Phi) is 3.21.